The minimum absolute atomic E-state index is 0.0262. The number of nitrogens with zero attached hydrogens (tertiary/aromatic N) is 4. The van der Waals surface area contributed by atoms with E-state index >= 15 is 0 Å². The molecule has 30 heavy (non-hydrogen) atoms. The van der Waals surface area contributed by atoms with Gasteiger partial charge in [-0.05, 0) is 32.9 Å². The maximum absolute atomic E-state index is 13.4. The summed E-state index contributed by atoms with van der Waals surface area (Å²) in [6, 6.07) is 7.38. The molecule has 2 aliphatic heterocycles. The number of rotatable bonds is 4. The summed E-state index contributed by atoms with van der Waals surface area (Å²) in [7, 11) is 3.46. The van der Waals surface area contributed by atoms with Crippen molar-refractivity contribution in [3.05, 3.63) is 24.3 Å². The number of hydrogen-bond donors (Lipinski definition) is 0. The molecule has 0 aliphatic carbocycles. The number of anilines is 1. The third-order valence-corrected chi connectivity index (χ3v) is 5.75. The second-order valence-corrected chi connectivity index (χ2v) is 8.71. The molecule has 0 radical (unpaired) electrons. The maximum Gasteiger partial charge on any atom is 0.319 e. The third kappa shape index (κ3) is 4.22. The average Bonchev–Trinajstić information content (AvgIpc) is 3.08. The first-order chi connectivity index (χ1) is 14.2. The van der Waals surface area contributed by atoms with Crippen LogP contribution in [-0.4, -0.2) is 85.0 Å². The number of para-hydroxylation sites is 2. The number of carbonyl (C=O) groups is 3. The number of hydrogen-bond acceptors (Lipinski definition) is 4. The van der Waals surface area contributed by atoms with Crippen LogP contribution in [0.4, 0.5) is 10.5 Å². The zero-order valence-corrected chi connectivity index (χ0v) is 18.6. The summed E-state index contributed by atoms with van der Waals surface area (Å²) in [5, 5.41) is 0. The Morgan fingerprint density at radius 2 is 1.90 bits per heavy atom. The zero-order valence-electron chi connectivity index (χ0n) is 18.6. The lowest BCUT2D eigenvalue weighted by molar-refractivity contribution is -0.144. The van der Waals surface area contributed by atoms with Crippen molar-refractivity contribution >= 4 is 23.5 Å². The summed E-state index contributed by atoms with van der Waals surface area (Å²) in [5.41, 5.74) is 0.209. The van der Waals surface area contributed by atoms with Gasteiger partial charge in [-0.3, -0.25) is 9.59 Å². The molecule has 1 aromatic rings. The SMILES string of the molecule is CCOc1ccccc1N1C[C@@H](C(=O)N2CCN(C(=O)N(C)C)CC2(C)C)CC1=O. The highest BCUT2D eigenvalue weighted by molar-refractivity contribution is 6.01. The van der Waals surface area contributed by atoms with E-state index in [-0.39, 0.29) is 24.3 Å². The molecular formula is C22H32N4O4. The van der Waals surface area contributed by atoms with E-state index in [1.807, 2.05) is 49.9 Å². The first-order valence-electron chi connectivity index (χ1n) is 10.5. The molecule has 0 unspecified atom stereocenters. The van der Waals surface area contributed by atoms with Crippen LogP contribution in [0.1, 0.15) is 27.2 Å². The monoisotopic (exact) mass is 416 g/mol. The maximum atomic E-state index is 13.4. The fourth-order valence-electron chi connectivity index (χ4n) is 4.29. The van der Waals surface area contributed by atoms with Gasteiger partial charge in [0.05, 0.1) is 23.8 Å². The first kappa shape index (κ1) is 21.9. The third-order valence-electron chi connectivity index (χ3n) is 5.75. The summed E-state index contributed by atoms with van der Waals surface area (Å²) < 4.78 is 5.67. The van der Waals surface area contributed by atoms with Crippen LogP contribution in [0.3, 0.4) is 0 Å². The van der Waals surface area contributed by atoms with Crippen molar-refractivity contribution in [2.75, 3.05) is 51.8 Å². The van der Waals surface area contributed by atoms with Gasteiger partial charge < -0.3 is 24.3 Å². The number of carbonyl (C=O) groups excluding carboxylic acids is 3. The highest BCUT2D eigenvalue weighted by Gasteiger charge is 2.44. The normalized spacial score (nSPS) is 21.0. The molecule has 0 bridgehead atoms. The van der Waals surface area contributed by atoms with E-state index < -0.39 is 11.5 Å². The number of benzene rings is 1. The van der Waals surface area contributed by atoms with Crippen molar-refractivity contribution in [2.45, 2.75) is 32.7 Å². The van der Waals surface area contributed by atoms with Gasteiger partial charge >= 0.3 is 6.03 Å². The molecule has 2 fully saturated rings. The van der Waals surface area contributed by atoms with Gasteiger partial charge in [0.1, 0.15) is 5.75 Å². The highest BCUT2D eigenvalue weighted by atomic mass is 16.5. The van der Waals surface area contributed by atoms with Gasteiger partial charge in [-0.15, -0.1) is 0 Å². The molecule has 2 saturated heterocycles. The largest absolute Gasteiger partial charge is 0.492 e. The molecule has 0 aromatic heterocycles. The van der Waals surface area contributed by atoms with Crippen molar-refractivity contribution < 1.29 is 19.1 Å². The van der Waals surface area contributed by atoms with Crippen LogP contribution in [0.5, 0.6) is 5.75 Å². The fraction of sp³-hybridized carbons (Fsp3) is 0.591. The van der Waals surface area contributed by atoms with Gasteiger partial charge in [0.2, 0.25) is 11.8 Å². The van der Waals surface area contributed by atoms with Crippen molar-refractivity contribution in [1.82, 2.24) is 14.7 Å². The van der Waals surface area contributed by atoms with Gasteiger partial charge in [-0.1, -0.05) is 12.1 Å². The second-order valence-electron chi connectivity index (χ2n) is 8.71. The van der Waals surface area contributed by atoms with Crippen molar-refractivity contribution in [3.8, 4) is 5.75 Å². The second kappa shape index (κ2) is 8.53. The number of piperazine rings is 1. The zero-order chi connectivity index (χ0) is 22.1. The molecule has 1 aromatic carbocycles. The molecule has 0 N–H and O–H groups in total. The topological polar surface area (TPSA) is 73.4 Å². The van der Waals surface area contributed by atoms with Crippen molar-refractivity contribution in [1.29, 1.82) is 0 Å². The van der Waals surface area contributed by atoms with Crippen LogP contribution in [0.25, 0.3) is 0 Å². The van der Waals surface area contributed by atoms with E-state index in [1.165, 1.54) is 0 Å². The molecule has 164 valence electrons. The number of urea groups is 1. The molecule has 0 saturated carbocycles. The summed E-state index contributed by atoms with van der Waals surface area (Å²) in [6.07, 6.45) is 0.187. The van der Waals surface area contributed by atoms with Crippen LogP contribution in [0.2, 0.25) is 0 Å². The Bertz CT molecular complexity index is 823. The standard InChI is InChI=1S/C22H32N4O4/c1-6-30-18-10-8-7-9-17(18)25-14-16(13-19(25)27)20(28)26-12-11-24(15-22(26,2)3)21(29)23(4)5/h7-10,16H,6,11-15H2,1-5H3/t16-/m0/s1. The van der Waals surface area contributed by atoms with E-state index in [2.05, 4.69) is 0 Å². The van der Waals surface area contributed by atoms with E-state index in [0.717, 1.165) is 0 Å². The van der Waals surface area contributed by atoms with Gasteiger partial charge in [-0.2, -0.15) is 0 Å². The predicted molar refractivity (Wildman–Crippen MR) is 115 cm³/mol. The molecular weight excluding hydrogens is 384 g/mol. The summed E-state index contributed by atoms with van der Waals surface area (Å²) >= 11 is 0. The fourth-order valence-corrected chi connectivity index (χ4v) is 4.29. The molecule has 3 rings (SSSR count). The smallest absolute Gasteiger partial charge is 0.319 e. The van der Waals surface area contributed by atoms with Crippen LogP contribution in [0, 0.1) is 5.92 Å². The first-order valence-corrected chi connectivity index (χ1v) is 10.5. The molecule has 1 atom stereocenters. The summed E-state index contributed by atoms with van der Waals surface area (Å²) in [6.45, 7) is 8.11. The van der Waals surface area contributed by atoms with Gasteiger partial charge in [0, 0.05) is 46.7 Å². The van der Waals surface area contributed by atoms with Crippen LogP contribution in [0.15, 0.2) is 24.3 Å². The minimum Gasteiger partial charge on any atom is -0.492 e. The molecule has 2 aliphatic rings. The highest BCUT2D eigenvalue weighted by Crippen LogP contribution is 2.34. The Morgan fingerprint density at radius 3 is 2.53 bits per heavy atom. The average molecular weight is 417 g/mol. The van der Waals surface area contributed by atoms with E-state index in [0.29, 0.717) is 44.2 Å². The lowest BCUT2D eigenvalue weighted by Gasteiger charge is -2.48. The quantitative estimate of drug-likeness (QED) is 0.753. The number of amides is 4. The van der Waals surface area contributed by atoms with Crippen molar-refractivity contribution in [2.24, 2.45) is 5.92 Å². The number of ether oxygens (including phenoxy) is 1. The predicted octanol–water partition coefficient (Wildman–Crippen LogP) is 2.04. The van der Waals surface area contributed by atoms with Gasteiger partial charge in [0.25, 0.3) is 0 Å². The molecule has 4 amide bonds. The summed E-state index contributed by atoms with van der Waals surface area (Å²) in [4.78, 5) is 45.3. The molecule has 0 spiro atoms. The Kier molecular flexibility index (Phi) is 6.24. The molecule has 8 heteroatoms. The van der Waals surface area contributed by atoms with Crippen LogP contribution < -0.4 is 9.64 Å². The van der Waals surface area contributed by atoms with Gasteiger partial charge in [-0.25, -0.2) is 4.79 Å². The molecule has 8 nitrogen and oxygen atoms in total. The Balaban J connectivity index is 1.73. The lowest BCUT2D eigenvalue weighted by atomic mass is 9.95. The van der Waals surface area contributed by atoms with Crippen LogP contribution >= 0.6 is 0 Å². The van der Waals surface area contributed by atoms with Gasteiger partial charge in [0.15, 0.2) is 0 Å². The Labute approximate surface area is 178 Å². The Hall–Kier alpha value is -2.77. The lowest BCUT2D eigenvalue weighted by Crippen LogP contribution is -2.64. The summed E-state index contributed by atoms with van der Waals surface area (Å²) in [5.74, 6) is 0.154. The minimum atomic E-state index is -0.499. The van der Waals surface area contributed by atoms with E-state index in [1.54, 1.807) is 28.8 Å². The van der Waals surface area contributed by atoms with E-state index in [4.69, 9.17) is 4.74 Å². The van der Waals surface area contributed by atoms with E-state index in [9.17, 15) is 14.4 Å². The molecule has 2 heterocycles. The van der Waals surface area contributed by atoms with Crippen molar-refractivity contribution in [3.63, 3.8) is 0 Å². The van der Waals surface area contributed by atoms with Crippen LogP contribution in [-0.2, 0) is 9.59 Å². The Morgan fingerprint density at radius 1 is 1.20 bits per heavy atom.